The van der Waals surface area contributed by atoms with Crippen LogP contribution in [0.5, 0.6) is 0 Å². The van der Waals surface area contributed by atoms with Crippen molar-refractivity contribution < 1.29 is 9.59 Å². The summed E-state index contributed by atoms with van der Waals surface area (Å²) < 4.78 is 0. The number of halogens is 1. The highest BCUT2D eigenvalue weighted by molar-refractivity contribution is 6.30. The Morgan fingerprint density at radius 3 is 2.55 bits per heavy atom. The molecule has 1 N–H and O–H groups in total. The Morgan fingerprint density at radius 2 is 1.83 bits per heavy atom. The molecule has 1 aliphatic heterocycles. The predicted octanol–water partition coefficient (Wildman–Crippen LogP) is 4.45. The number of nitrogens with zero attached hydrogens (tertiary/aromatic N) is 2. The summed E-state index contributed by atoms with van der Waals surface area (Å²) >= 11 is 5.99. The summed E-state index contributed by atoms with van der Waals surface area (Å²) in [6.07, 6.45) is 1.78. The number of amides is 2. The third-order valence-corrected chi connectivity index (χ3v) is 5.26. The van der Waals surface area contributed by atoms with E-state index in [2.05, 4.69) is 10.3 Å². The summed E-state index contributed by atoms with van der Waals surface area (Å²) in [5.41, 5.74) is 4.04. The minimum Gasteiger partial charge on any atom is -0.352 e. The lowest BCUT2D eigenvalue weighted by Crippen LogP contribution is -2.32. The molecule has 3 aromatic rings. The van der Waals surface area contributed by atoms with E-state index in [4.69, 9.17) is 11.6 Å². The summed E-state index contributed by atoms with van der Waals surface area (Å²) in [4.78, 5) is 31.7. The molecule has 0 saturated heterocycles. The van der Waals surface area contributed by atoms with Crippen LogP contribution in [0.2, 0.25) is 5.02 Å². The highest BCUT2D eigenvalue weighted by Crippen LogP contribution is 2.38. The largest absolute Gasteiger partial charge is 0.352 e. The average molecular weight is 406 g/mol. The molecular weight excluding hydrogens is 386 g/mol. The Labute approximate surface area is 174 Å². The van der Waals surface area contributed by atoms with E-state index in [9.17, 15) is 9.59 Å². The van der Waals surface area contributed by atoms with Crippen molar-refractivity contribution in [1.29, 1.82) is 0 Å². The third-order valence-electron chi connectivity index (χ3n) is 5.01. The van der Waals surface area contributed by atoms with E-state index >= 15 is 0 Å². The van der Waals surface area contributed by atoms with Gasteiger partial charge in [-0.15, -0.1) is 0 Å². The van der Waals surface area contributed by atoms with Gasteiger partial charge in [0.2, 0.25) is 5.91 Å². The molecule has 0 bridgehead atoms. The van der Waals surface area contributed by atoms with Gasteiger partial charge in [-0.3, -0.25) is 19.5 Å². The molecule has 1 aromatic heterocycles. The van der Waals surface area contributed by atoms with Gasteiger partial charge in [0.15, 0.2) is 0 Å². The molecule has 0 radical (unpaired) electrons. The van der Waals surface area contributed by atoms with Crippen molar-refractivity contribution in [2.45, 2.75) is 25.9 Å². The lowest BCUT2D eigenvalue weighted by molar-refractivity contribution is -0.121. The van der Waals surface area contributed by atoms with Crippen molar-refractivity contribution in [3.63, 3.8) is 0 Å². The average Bonchev–Trinajstić information content (AvgIpc) is 3.00. The first-order valence-corrected chi connectivity index (χ1v) is 9.77. The van der Waals surface area contributed by atoms with Gasteiger partial charge in [0.1, 0.15) is 0 Å². The van der Waals surface area contributed by atoms with E-state index in [0.717, 1.165) is 5.56 Å². The van der Waals surface area contributed by atoms with Crippen LogP contribution in [0.3, 0.4) is 0 Å². The number of carbonyl (C=O) groups is 2. The molecule has 1 aliphatic rings. The van der Waals surface area contributed by atoms with Gasteiger partial charge in [-0.2, -0.15) is 0 Å². The number of fused-ring (bicyclic) bond motifs is 1. The van der Waals surface area contributed by atoms with Crippen LogP contribution < -0.4 is 10.2 Å². The van der Waals surface area contributed by atoms with Crippen LogP contribution in [0, 0.1) is 6.92 Å². The van der Waals surface area contributed by atoms with Gasteiger partial charge in [0, 0.05) is 23.5 Å². The van der Waals surface area contributed by atoms with Gasteiger partial charge in [-0.1, -0.05) is 41.4 Å². The molecule has 5 nitrogen and oxygen atoms in total. The predicted molar refractivity (Wildman–Crippen MR) is 113 cm³/mol. The number of hydrogen-bond donors (Lipinski definition) is 1. The zero-order valence-corrected chi connectivity index (χ0v) is 16.7. The molecule has 0 saturated carbocycles. The molecule has 6 heteroatoms. The van der Waals surface area contributed by atoms with Crippen molar-refractivity contribution in [3.05, 3.63) is 94.3 Å². The van der Waals surface area contributed by atoms with Gasteiger partial charge in [-0.25, -0.2) is 0 Å². The van der Waals surface area contributed by atoms with E-state index in [1.807, 2.05) is 31.2 Å². The zero-order chi connectivity index (χ0) is 20.4. The standard InChI is InChI=1S/C23H20ClN3O2/c1-15-4-6-16(7-5-15)14-26-21(28)13-20-22-19(3-2-12-25-22)23(29)27(20)18-10-8-17(24)9-11-18/h2-12,20H,13-14H2,1H3,(H,26,28)/t20-/m0/s1. The van der Waals surface area contributed by atoms with Crippen molar-refractivity contribution in [3.8, 4) is 0 Å². The van der Waals surface area contributed by atoms with Crippen LogP contribution in [0.15, 0.2) is 66.9 Å². The maximum atomic E-state index is 13.0. The van der Waals surface area contributed by atoms with Crippen molar-refractivity contribution in [1.82, 2.24) is 10.3 Å². The maximum absolute atomic E-state index is 13.0. The Bertz CT molecular complexity index is 1050. The Hall–Kier alpha value is -3.18. The molecule has 0 fully saturated rings. The van der Waals surface area contributed by atoms with Crippen molar-refractivity contribution in [2.24, 2.45) is 0 Å². The molecule has 2 heterocycles. The number of pyridine rings is 1. The summed E-state index contributed by atoms with van der Waals surface area (Å²) in [5.74, 6) is -0.299. The Balaban J connectivity index is 1.55. The Kier molecular flexibility index (Phi) is 5.32. The number of carbonyl (C=O) groups excluding carboxylic acids is 2. The fourth-order valence-electron chi connectivity index (χ4n) is 3.50. The maximum Gasteiger partial charge on any atom is 0.260 e. The van der Waals surface area contributed by atoms with Gasteiger partial charge in [0.25, 0.3) is 5.91 Å². The second-order valence-corrected chi connectivity index (χ2v) is 7.51. The normalized spacial score (nSPS) is 15.3. The molecule has 1 atom stereocenters. The van der Waals surface area contributed by atoms with Gasteiger partial charge < -0.3 is 5.32 Å². The number of rotatable bonds is 5. The smallest absolute Gasteiger partial charge is 0.260 e. The highest BCUT2D eigenvalue weighted by atomic mass is 35.5. The SMILES string of the molecule is Cc1ccc(CNC(=O)C[C@H]2c3ncccc3C(=O)N2c2ccc(Cl)cc2)cc1. The molecule has 4 rings (SSSR count). The lowest BCUT2D eigenvalue weighted by atomic mass is 10.1. The van der Waals surface area contributed by atoms with Crippen LogP contribution in [0.1, 0.15) is 39.6 Å². The van der Waals surface area contributed by atoms with Crippen LogP contribution in [0.25, 0.3) is 0 Å². The molecule has 29 heavy (non-hydrogen) atoms. The van der Waals surface area contributed by atoms with Gasteiger partial charge >= 0.3 is 0 Å². The second-order valence-electron chi connectivity index (χ2n) is 7.07. The molecular formula is C23H20ClN3O2. The zero-order valence-electron chi connectivity index (χ0n) is 15.9. The van der Waals surface area contributed by atoms with Crippen LogP contribution in [-0.2, 0) is 11.3 Å². The van der Waals surface area contributed by atoms with Crippen LogP contribution in [-0.4, -0.2) is 16.8 Å². The molecule has 0 spiro atoms. The number of benzene rings is 2. The number of hydrogen-bond acceptors (Lipinski definition) is 3. The first-order chi connectivity index (χ1) is 14.0. The minimum atomic E-state index is -0.460. The highest BCUT2D eigenvalue weighted by Gasteiger charge is 2.39. The number of aryl methyl sites for hydroxylation is 1. The van der Waals surface area contributed by atoms with Crippen molar-refractivity contribution >= 4 is 29.1 Å². The van der Waals surface area contributed by atoms with E-state index in [0.29, 0.717) is 28.5 Å². The fourth-order valence-corrected chi connectivity index (χ4v) is 3.62. The number of aromatic nitrogens is 1. The monoisotopic (exact) mass is 405 g/mol. The first kappa shape index (κ1) is 19.2. The molecule has 2 aromatic carbocycles. The van der Waals surface area contributed by atoms with E-state index in [1.165, 1.54) is 5.56 Å². The lowest BCUT2D eigenvalue weighted by Gasteiger charge is -2.24. The van der Waals surface area contributed by atoms with E-state index in [1.54, 1.807) is 47.5 Å². The van der Waals surface area contributed by atoms with Crippen LogP contribution in [0.4, 0.5) is 5.69 Å². The van der Waals surface area contributed by atoms with Crippen LogP contribution >= 0.6 is 11.6 Å². The second kappa shape index (κ2) is 8.05. The quantitative estimate of drug-likeness (QED) is 0.682. The van der Waals surface area contributed by atoms with E-state index in [-0.39, 0.29) is 18.2 Å². The summed E-state index contributed by atoms with van der Waals surface area (Å²) in [7, 11) is 0. The van der Waals surface area contributed by atoms with Gasteiger partial charge in [0.05, 0.1) is 23.7 Å². The number of anilines is 1. The third kappa shape index (κ3) is 4.00. The van der Waals surface area contributed by atoms with Crippen molar-refractivity contribution in [2.75, 3.05) is 4.90 Å². The fraction of sp³-hybridized carbons (Fsp3) is 0.174. The minimum absolute atomic E-state index is 0.129. The molecule has 0 aliphatic carbocycles. The number of nitrogens with one attached hydrogen (secondary N) is 1. The summed E-state index contributed by atoms with van der Waals surface area (Å²) in [5, 5.41) is 3.53. The summed E-state index contributed by atoms with van der Waals surface area (Å²) in [6.45, 7) is 2.46. The molecule has 0 unspecified atom stereocenters. The van der Waals surface area contributed by atoms with E-state index < -0.39 is 6.04 Å². The first-order valence-electron chi connectivity index (χ1n) is 9.39. The molecule has 146 valence electrons. The Morgan fingerprint density at radius 1 is 1.10 bits per heavy atom. The van der Waals surface area contributed by atoms with Gasteiger partial charge in [-0.05, 0) is 48.9 Å². The molecule has 2 amide bonds. The topological polar surface area (TPSA) is 62.3 Å². The summed E-state index contributed by atoms with van der Waals surface area (Å²) in [6, 6.07) is 18.1.